The first-order valence-electron chi connectivity index (χ1n) is 7.14. The van der Waals surface area contributed by atoms with Crippen molar-refractivity contribution in [2.45, 2.75) is 0 Å². The van der Waals surface area contributed by atoms with E-state index in [1.54, 1.807) is 0 Å². The highest BCUT2D eigenvalue weighted by Crippen LogP contribution is 2.21. The van der Waals surface area contributed by atoms with Crippen molar-refractivity contribution in [2.75, 3.05) is 13.2 Å². The summed E-state index contributed by atoms with van der Waals surface area (Å²) in [6.07, 6.45) is 0. The molecule has 1 N–H and O–H groups in total. The number of halogens is 3. The molecule has 0 fully saturated rings. The fourth-order valence-electron chi connectivity index (χ4n) is 1.84. The van der Waals surface area contributed by atoms with E-state index in [9.17, 15) is 23.7 Å². The third-order valence-corrected chi connectivity index (χ3v) is 3.39. The van der Waals surface area contributed by atoms with Gasteiger partial charge in [0.05, 0.1) is 22.1 Å². The molecule has 2 rings (SSSR count). The number of carbonyl (C=O) groups is 1. The highest BCUT2D eigenvalue weighted by atomic mass is 35.5. The van der Waals surface area contributed by atoms with Gasteiger partial charge in [0.2, 0.25) is 0 Å². The van der Waals surface area contributed by atoms with Gasteiger partial charge in [-0.05, 0) is 18.2 Å². The van der Waals surface area contributed by atoms with Gasteiger partial charge in [-0.2, -0.15) is 0 Å². The number of nitrogens with zero attached hydrogens (tertiary/aromatic N) is 1. The molecule has 0 saturated heterocycles. The number of benzene rings is 2. The first kappa shape index (κ1) is 19.1. The van der Waals surface area contributed by atoms with Gasteiger partial charge in [-0.3, -0.25) is 14.9 Å². The van der Waals surface area contributed by atoms with Crippen LogP contribution >= 0.6 is 11.6 Å². The number of hydrogen-bond donors (Lipinski definition) is 1. The fourth-order valence-corrected chi connectivity index (χ4v) is 2.04. The van der Waals surface area contributed by atoms with Crippen LogP contribution in [0.1, 0.15) is 10.4 Å². The van der Waals surface area contributed by atoms with Gasteiger partial charge in [0.25, 0.3) is 11.6 Å². The Morgan fingerprint density at radius 1 is 1.23 bits per heavy atom. The van der Waals surface area contributed by atoms with E-state index in [-0.39, 0.29) is 35.2 Å². The maximum atomic E-state index is 13.3. The molecular weight excluding hydrogens is 370 g/mol. The molecule has 0 unspecified atom stereocenters. The summed E-state index contributed by atoms with van der Waals surface area (Å²) in [7, 11) is 0. The normalized spacial score (nSPS) is 9.81. The lowest BCUT2D eigenvalue weighted by Gasteiger charge is -2.04. The zero-order chi connectivity index (χ0) is 19.1. The summed E-state index contributed by atoms with van der Waals surface area (Å²) in [4.78, 5) is 22.1. The van der Waals surface area contributed by atoms with Crippen LogP contribution in [0.4, 0.5) is 14.5 Å². The predicted octanol–water partition coefficient (Wildman–Crippen LogP) is 3.34. The van der Waals surface area contributed by atoms with Crippen molar-refractivity contribution in [3.05, 3.63) is 68.7 Å². The Morgan fingerprint density at radius 3 is 2.69 bits per heavy atom. The molecule has 0 heterocycles. The van der Waals surface area contributed by atoms with Crippen LogP contribution < -0.4 is 10.1 Å². The van der Waals surface area contributed by atoms with Gasteiger partial charge in [0, 0.05) is 18.2 Å². The van der Waals surface area contributed by atoms with Crippen molar-refractivity contribution in [3.8, 4) is 17.6 Å². The number of hydrogen-bond acceptors (Lipinski definition) is 4. The van der Waals surface area contributed by atoms with E-state index in [1.807, 2.05) is 0 Å². The molecule has 134 valence electrons. The largest absolute Gasteiger partial charge is 0.478 e. The van der Waals surface area contributed by atoms with Gasteiger partial charge in [-0.1, -0.05) is 23.4 Å². The van der Waals surface area contributed by atoms with Crippen molar-refractivity contribution in [2.24, 2.45) is 0 Å². The Kier molecular flexibility index (Phi) is 6.47. The van der Waals surface area contributed by atoms with E-state index in [4.69, 9.17) is 16.3 Å². The van der Waals surface area contributed by atoms with Crippen molar-refractivity contribution in [1.29, 1.82) is 0 Å². The van der Waals surface area contributed by atoms with Crippen molar-refractivity contribution in [1.82, 2.24) is 5.32 Å². The van der Waals surface area contributed by atoms with Crippen LogP contribution in [0.15, 0.2) is 36.4 Å². The zero-order valence-corrected chi connectivity index (χ0v) is 13.8. The molecule has 1 amide bonds. The van der Waals surface area contributed by atoms with E-state index in [0.717, 1.165) is 18.2 Å². The lowest BCUT2D eigenvalue weighted by molar-refractivity contribution is -0.384. The Balaban J connectivity index is 1.86. The minimum absolute atomic E-state index is 0.0488. The molecule has 2 aromatic carbocycles. The number of rotatable bonds is 5. The van der Waals surface area contributed by atoms with E-state index in [1.165, 1.54) is 12.1 Å². The topological polar surface area (TPSA) is 81.5 Å². The van der Waals surface area contributed by atoms with Gasteiger partial charge in [-0.15, -0.1) is 0 Å². The number of amides is 1. The van der Waals surface area contributed by atoms with Gasteiger partial charge >= 0.3 is 0 Å². The zero-order valence-electron chi connectivity index (χ0n) is 13.1. The maximum absolute atomic E-state index is 13.3. The third kappa shape index (κ3) is 5.16. The molecule has 0 atom stereocenters. The van der Waals surface area contributed by atoms with Crippen LogP contribution in [0, 0.1) is 33.6 Å². The first-order chi connectivity index (χ1) is 12.4. The molecular formula is C17H11ClF2N2O4. The van der Waals surface area contributed by atoms with Crippen molar-refractivity contribution < 1.29 is 23.2 Å². The minimum atomic E-state index is -0.847. The van der Waals surface area contributed by atoms with Gasteiger partial charge < -0.3 is 10.1 Å². The average Bonchev–Trinajstić information content (AvgIpc) is 2.59. The molecule has 9 heteroatoms. The molecule has 26 heavy (non-hydrogen) atoms. The molecule has 0 bridgehead atoms. The first-order valence-corrected chi connectivity index (χ1v) is 7.52. The Bertz CT molecular complexity index is 909. The van der Waals surface area contributed by atoms with Crippen LogP contribution in [0.5, 0.6) is 5.75 Å². The highest BCUT2D eigenvalue weighted by Gasteiger charge is 2.15. The highest BCUT2D eigenvalue weighted by molar-refractivity contribution is 6.33. The molecule has 0 spiro atoms. The predicted molar refractivity (Wildman–Crippen MR) is 90.1 cm³/mol. The van der Waals surface area contributed by atoms with E-state index >= 15 is 0 Å². The van der Waals surface area contributed by atoms with Crippen molar-refractivity contribution >= 4 is 23.2 Å². The summed E-state index contributed by atoms with van der Waals surface area (Å²) >= 11 is 5.85. The summed E-state index contributed by atoms with van der Waals surface area (Å²) in [5, 5.41) is 13.2. The van der Waals surface area contributed by atoms with Gasteiger partial charge in [0.1, 0.15) is 12.4 Å². The molecule has 0 aliphatic heterocycles. The summed E-state index contributed by atoms with van der Waals surface area (Å²) in [5.41, 5.74) is -0.312. The molecule has 0 saturated carbocycles. The molecule has 0 aliphatic rings. The second kappa shape index (κ2) is 8.78. The number of nitro groups is 1. The van der Waals surface area contributed by atoms with Crippen LogP contribution in [0.25, 0.3) is 0 Å². The lowest BCUT2D eigenvalue weighted by Crippen LogP contribution is -2.24. The Hall–Kier alpha value is -3.18. The summed E-state index contributed by atoms with van der Waals surface area (Å²) < 4.78 is 31.1. The van der Waals surface area contributed by atoms with Gasteiger partial charge in [-0.25, -0.2) is 8.78 Å². The maximum Gasteiger partial charge on any atom is 0.270 e. The lowest BCUT2D eigenvalue weighted by atomic mass is 10.2. The second-order valence-corrected chi connectivity index (χ2v) is 5.23. The Morgan fingerprint density at radius 2 is 2.00 bits per heavy atom. The van der Waals surface area contributed by atoms with E-state index in [2.05, 4.69) is 17.2 Å². The summed E-state index contributed by atoms with van der Waals surface area (Å²) in [6.45, 7) is -0.247. The van der Waals surface area contributed by atoms with Crippen molar-refractivity contribution in [3.63, 3.8) is 0 Å². The summed E-state index contributed by atoms with van der Waals surface area (Å²) in [6, 6.07) is 6.38. The third-order valence-electron chi connectivity index (χ3n) is 3.06. The standard InChI is InChI=1S/C17H11ClF2N2O4/c18-14-5-4-12(22(24)25)10-13(14)17(23)21-7-1-2-8-26-16-6-3-11(19)9-15(16)20/h3-6,9-10H,7-8H2,(H,21,23). The van der Waals surface area contributed by atoms with Crippen LogP contribution in [-0.2, 0) is 0 Å². The van der Waals surface area contributed by atoms with Gasteiger partial charge in [0.15, 0.2) is 11.6 Å². The SMILES string of the molecule is O=C(NCC#CCOc1ccc(F)cc1F)c1cc([N+](=O)[O-])ccc1Cl. The van der Waals surface area contributed by atoms with Crippen LogP contribution in [0.2, 0.25) is 5.02 Å². The molecule has 6 nitrogen and oxygen atoms in total. The molecule has 0 aromatic heterocycles. The quantitative estimate of drug-likeness (QED) is 0.490. The average molecular weight is 381 g/mol. The Labute approximate surface area is 151 Å². The second-order valence-electron chi connectivity index (χ2n) is 4.82. The summed E-state index contributed by atoms with van der Waals surface area (Å²) in [5.74, 6) is 2.76. The van der Waals surface area contributed by atoms with E-state index in [0.29, 0.717) is 6.07 Å². The number of non-ortho nitro benzene ring substituents is 1. The fraction of sp³-hybridized carbons (Fsp3) is 0.118. The number of ether oxygens (including phenoxy) is 1. The van der Waals surface area contributed by atoms with Crippen LogP contribution in [0.3, 0.4) is 0 Å². The van der Waals surface area contributed by atoms with E-state index < -0.39 is 22.5 Å². The number of nitrogens with one attached hydrogen (secondary N) is 1. The molecule has 0 radical (unpaired) electrons. The van der Waals surface area contributed by atoms with Crippen LogP contribution in [-0.4, -0.2) is 24.0 Å². The number of nitro benzene ring substituents is 1. The minimum Gasteiger partial charge on any atom is -0.478 e. The monoisotopic (exact) mass is 380 g/mol. The molecule has 2 aromatic rings. The molecule has 0 aliphatic carbocycles. The number of carbonyl (C=O) groups excluding carboxylic acids is 1. The smallest absolute Gasteiger partial charge is 0.270 e.